The van der Waals surface area contributed by atoms with Crippen LogP contribution in [0.1, 0.15) is 71.1 Å². The molecule has 1 aromatic heterocycles. The molecular weight excluding hydrogens is 214 g/mol. The molecule has 0 aliphatic rings. The Kier molecular flexibility index (Phi) is 6.19. The van der Waals surface area contributed by atoms with Crippen molar-refractivity contribution in [3.63, 3.8) is 0 Å². The second-order valence-electron chi connectivity index (χ2n) is 4.84. The molecule has 0 radical (unpaired) electrons. The zero-order chi connectivity index (χ0) is 12.7. The lowest BCUT2D eigenvalue weighted by Gasteiger charge is -2.09. The van der Waals surface area contributed by atoms with E-state index in [-0.39, 0.29) is 0 Å². The Hall–Kier alpha value is -0.900. The third kappa shape index (κ3) is 4.86. The fourth-order valence-corrected chi connectivity index (χ4v) is 1.88. The van der Waals surface area contributed by atoms with Crippen molar-refractivity contribution in [2.45, 2.75) is 71.9 Å². The predicted molar refractivity (Wildman–Crippen MR) is 68.8 cm³/mol. The minimum atomic E-state index is 0.435. The Balaban J connectivity index is 2.57. The summed E-state index contributed by atoms with van der Waals surface area (Å²) in [5.74, 6) is 1.95. The van der Waals surface area contributed by atoms with Gasteiger partial charge in [0.1, 0.15) is 0 Å². The molecule has 0 atom stereocenters. The second kappa shape index (κ2) is 7.43. The van der Waals surface area contributed by atoms with Gasteiger partial charge in [0, 0.05) is 12.0 Å². The number of nitrogens with one attached hydrogen (secondary N) is 1. The van der Waals surface area contributed by atoms with Gasteiger partial charge in [0.05, 0.1) is 6.54 Å². The van der Waals surface area contributed by atoms with Crippen molar-refractivity contribution >= 4 is 0 Å². The van der Waals surface area contributed by atoms with E-state index in [0.29, 0.717) is 24.4 Å². The summed E-state index contributed by atoms with van der Waals surface area (Å²) in [6.45, 7) is 9.26. The van der Waals surface area contributed by atoms with E-state index in [9.17, 15) is 0 Å². The van der Waals surface area contributed by atoms with Crippen molar-refractivity contribution in [1.82, 2.24) is 15.5 Å². The third-order valence-corrected chi connectivity index (χ3v) is 2.77. The molecule has 0 aliphatic carbocycles. The molecule has 4 nitrogen and oxygen atoms in total. The molecule has 1 heterocycles. The smallest absolute Gasteiger partial charge is 0.230 e. The maximum atomic E-state index is 5.72. The molecule has 0 aliphatic heterocycles. The normalized spacial score (nSPS) is 11.6. The molecule has 0 unspecified atom stereocenters. The monoisotopic (exact) mass is 239 g/mol. The molecule has 0 saturated carbocycles. The lowest BCUT2D eigenvalue weighted by molar-refractivity contribution is 0.376. The molecule has 1 N–H and O–H groups in total. The van der Waals surface area contributed by atoms with Crippen molar-refractivity contribution in [3.8, 4) is 0 Å². The first-order chi connectivity index (χ1) is 8.17. The van der Waals surface area contributed by atoms with Crippen molar-refractivity contribution in [2.24, 2.45) is 0 Å². The molecule has 0 fully saturated rings. The summed E-state index contributed by atoms with van der Waals surface area (Å²) in [5.41, 5.74) is 0. The number of hydrogen-bond acceptors (Lipinski definition) is 4. The van der Waals surface area contributed by atoms with E-state index in [4.69, 9.17) is 4.42 Å². The van der Waals surface area contributed by atoms with Gasteiger partial charge >= 0.3 is 0 Å². The summed E-state index contributed by atoms with van der Waals surface area (Å²) in [6.07, 6.45) is 4.58. The van der Waals surface area contributed by atoms with Crippen LogP contribution in [0.2, 0.25) is 0 Å². The Labute approximate surface area is 104 Å². The molecule has 4 heteroatoms. The van der Waals surface area contributed by atoms with Crippen molar-refractivity contribution in [3.05, 3.63) is 11.8 Å². The van der Waals surface area contributed by atoms with Crippen LogP contribution in [-0.2, 0) is 6.54 Å². The summed E-state index contributed by atoms with van der Waals surface area (Å²) >= 11 is 0. The van der Waals surface area contributed by atoms with Gasteiger partial charge in [-0.1, -0.05) is 40.5 Å². The number of rotatable bonds is 8. The van der Waals surface area contributed by atoms with Gasteiger partial charge in [-0.05, 0) is 12.8 Å². The van der Waals surface area contributed by atoms with Gasteiger partial charge in [-0.2, -0.15) is 0 Å². The molecule has 1 rings (SSSR count). The predicted octanol–water partition coefficient (Wildman–Crippen LogP) is 3.25. The minimum absolute atomic E-state index is 0.435. The topological polar surface area (TPSA) is 51.0 Å². The van der Waals surface area contributed by atoms with Crippen molar-refractivity contribution in [1.29, 1.82) is 0 Å². The second-order valence-corrected chi connectivity index (χ2v) is 4.84. The highest BCUT2D eigenvalue weighted by Gasteiger charge is 2.17. The molecule has 1 aromatic rings. The van der Waals surface area contributed by atoms with Gasteiger partial charge in [0.2, 0.25) is 11.8 Å². The first-order valence-corrected chi connectivity index (χ1v) is 6.73. The highest BCUT2D eigenvalue weighted by atomic mass is 16.4. The van der Waals surface area contributed by atoms with E-state index in [0.717, 1.165) is 31.6 Å². The highest BCUT2D eigenvalue weighted by Crippen LogP contribution is 2.24. The van der Waals surface area contributed by atoms with Gasteiger partial charge in [-0.25, -0.2) is 0 Å². The van der Waals surface area contributed by atoms with E-state index in [1.807, 2.05) is 0 Å². The van der Waals surface area contributed by atoms with Crippen molar-refractivity contribution < 1.29 is 4.42 Å². The summed E-state index contributed by atoms with van der Waals surface area (Å²) < 4.78 is 5.72. The molecule has 0 saturated heterocycles. The van der Waals surface area contributed by atoms with Crippen LogP contribution in [0.15, 0.2) is 4.42 Å². The van der Waals surface area contributed by atoms with Crippen LogP contribution in [0.5, 0.6) is 0 Å². The van der Waals surface area contributed by atoms with Gasteiger partial charge in [0.25, 0.3) is 0 Å². The maximum Gasteiger partial charge on any atom is 0.230 e. The lowest BCUT2D eigenvalue weighted by Crippen LogP contribution is -2.21. The first-order valence-electron chi connectivity index (χ1n) is 6.73. The number of nitrogens with zero attached hydrogens (tertiary/aromatic N) is 2. The Morgan fingerprint density at radius 2 is 1.76 bits per heavy atom. The van der Waals surface area contributed by atoms with Crippen LogP contribution in [0, 0.1) is 0 Å². The van der Waals surface area contributed by atoms with Crippen molar-refractivity contribution in [2.75, 3.05) is 0 Å². The summed E-state index contributed by atoms with van der Waals surface area (Å²) in [5, 5.41) is 11.6. The van der Waals surface area contributed by atoms with E-state index >= 15 is 0 Å². The van der Waals surface area contributed by atoms with Gasteiger partial charge < -0.3 is 9.73 Å². The summed E-state index contributed by atoms with van der Waals surface area (Å²) in [6, 6.07) is 0.437. The molecule has 0 amide bonds. The SMILES string of the molecule is CCCC(CCC)c1nnc(CNC(C)C)o1. The van der Waals surface area contributed by atoms with Crippen LogP contribution < -0.4 is 5.32 Å². The fourth-order valence-electron chi connectivity index (χ4n) is 1.88. The molecule has 17 heavy (non-hydrogen) atoms. The Bertz CT molecular complexity index is 303. The van der Waals surface area contributed by atoms with E-state index < -0.39 is 0 Å². The maximum absolute atomic E-state index is 5.72. The van der Waals surface area contributed by atoms with Crippen LogP contribution in [0.3, 0.4) is 0 Å². The fraction of sp³-hybridized carbons (Fsp3) is 0.846. The van der Waals surface area contributed by atoms with Crippen LogP contribution in [0.4, 0.5) is 0 Å². The number of aromatic nitrogens is 2. The Morgan fingerprint density at radius 1 is 1.12 bits per heavy atom. The summed E-state index contributed by atoms with van der Waals surface area (Å²) in [4.78, 5) is 0. The summed E-state index contributed by atoms with van der Waals surface area (Å²) in [7, 11) is 0. The van der Waals surface area contributed by atoms with E-state index in [1.54, 1.807) is 0 Å². The Morgan fingerprint density at radius 3 is 2.29 bits per heavy atom. The van der Waals surface area contributed by atoms with Crippen LogP contribution in [-0.4, -0.2) is 16.2 Å². The van der Waals surface area contributed by atoms with E-state index in [2.05, 4.69) is 43.2 Å². The largest absolute Gasteiger partial charge is 0.424 e. The molecular formula is C13H25N3O. The third-order valence-electron chi connectivity index (χ3n) is 2.77. The van der Waals surface area contributed by atoms with Crippen LogP contribution >= 0.6 is 0 Å². The van der Waals surface area contributed by atoms with Gasteiger partial charge in [-0.15, -0.1) is 10.2 Å². The van der Waals surface area contributed by atoms with Gasteiger partial charge in [-0.3, -0.25) is 0 Å². The first kappa shape index (κ1) is 14.2. The zero-order valence-corrected chi connectivity index (χ0v) is 11.5. The van der Waals surface area contributed by atoms with Gasteiger partial charge in [0.15, 0.2) is 0 Å². The average molecular weight is 239 g/mol. The highest BCUT2D eigenvalue weighted by molar-refractivity contribution is 4.91. The molecule has 0 bridgehead atoms. The molecule has 98 valence electrons. The lowest BCUT2D eigenvalue weighted by atomic mass is 9.98. The quantitative estimate of drug-likeness (QED) is 0.756. The van der Waals surface area contributed by atoms with E-state index in [1.165, 1.54) is 0 Å². The minimum Gasteiger partial charge on any atom is -0.424 e. The van der Waals surface area contributed by atoms with Crippen LogP contribution in [0.25, 0.3) is 0 Å². The standard InChI is InChI=1S/C13H25N3O/c1-5-7-11(8-6-2)13-16-15-12(17-13)9-14-10(3)4/h10-11,14H,5-9H2,1-4H3. The molecule has 0 aromatic carbocycles. The molecule has 0 spiro atoms. The zero-order valence-electron chi connectivity index (χ0n) is 11.5. The average Bonchev–Trinajstić information content (AvgIpc) is 2.74. The number of hydrogen-bond donors (Lipinski definition) is 1.